The smallest absolute Gasteiger partial charge is 0.309 e. The van der Waals surface area contributed by atoms with Crippen LogP contribution in [0, 0.1) is 0 Å². The van der Waals surface area contributed by atoms with Gasteiger partial charge in [0.05, 0.1) is 19.4 Å². The van der Waals surface area contributed by atoms with Crippen molar-refractivity contribution < 1.29 is 13.6 Å². The number of hydrogen-bond donors (Lipinski definition) is 0. The largest absolute Gasteiger partial charge is 0.335 e. The topological polar surface area (TPSA) is 35.5 Å². The molecule has 0 aliphatic heterocycles. The zero-order chi connectivity index (χ0) is 18.3. The molecule has 0 saturated carbocycles. The van der Waals surface area contributed by atoms with Gasteiger partial charge in [0.15, 0.2) is 0 Å². The Labute approximate surface area is 159 Å². The molecule has 0 spiro atoms. The molecule has 0 heterocycles. The van der Waals surface area contributed by atoms with Gasteiger partial charge in [-0.3, -0.25) is 4.57 Å². The van der Waals surface area contributed by atoms with Crippen LogP contribution in [0.25, 0.3) is 12.2 Å². The molecule has 0 amide bonds. The zero-order valence-corrected chi connectivity index (χ0v) is 16.7. The zero-order valence-electron chi connectivity index (χ0n) is 14.2. The van der Waals surface area contributed by atoms with Gasteiger partial charge in [-0.1, -0.05) is 65.7 Å². The average Bonchev–Trinajstić information content (AvgIpc) is 2.56. The second kappa shape index (κ2) is 9.56. The van der Waals surface area contributed by atoms with Crippen LogP contribution in [0.5, 0.6) is 0 Å². The minimum Gasteiger partial charge on any atom is -0.309 e. The Morgan fingerprint density at radius 2 is 1.60 bits per heavy atom. The Hall–Kier alpha value is -1.09. The van der Waals surface area contributed by atoms with Gasteiger partial charge in [-0.15, -0.1) is 0 Å². The Bertz CT molecular complexity index is 763. The van der Waals surface area contributed by atoms with E-state index < -0.39 is 7.60 Å². The van der Waals surface area contributed by atoms with Crippen molar-refractivity contribution in [1.29, 1.82) is 0 Å². The van der Waals surface area contributed by atoms with E-state index in [4.69, 9.17) is 32.2 Å². The molecule has 0 aliphatic rings. The lowest BCUT2D eigenvalue weighted by molar-refractivity contribution is 0.219. The van der Waals surface area contributed by atoms with Crippen molar-refractivity contribution in [3.05, 3.63) is 69.2 Å². The molecule has 2 aromatic carbocycles. The standard InChI is InChI=1S/C19H21Cl2O3P/c1-3-23-25(22,24-4-2)14-16-7-5-15(6-8-16)9-10-17-11-12-18(20)13-19(17)21/h5-13H,3-4,14H2,1-2H3/b10-9+. The van der Waals surface area contributed by atoms with E-state index in [1.807, 2.05) is 56.3 Å². The lowest BCUT2D eigenvalue weighted by Crippen LogP contribution is -1.99. The monoisotopic (exact) mass is 398 g/mol. The van der Waals surface area contributed by atoms with Crippen LogP contribution >= 0.6 is 30.8 Å². The summed E-state index contributed by atoms with van der Waals surface area (Å²) in [5.74, 6) is 0. The van der Waals surface area contributed by atoms with Crippen LogP contribution in [-0.2, 0) is 19.8 Å². The molecule has 2 aromatic rings. The molecule has 0 aliphatic carbocycles. The highest BCUT2D eigenvalue weighted by Crippen LogP contribution is 2.51. The van der Waals surface area contributed by atoms with Crippen LogP contribution in [0.1, 0.15) is 30.5 Å². The fourth-order valence-electron chi connectivity index (χ4n) is 2.30. The van der Waals surface area contributed by atoms with Gasteiger partial charge in [0.1, 0.15) is 0 Å². The van der Waals surface area contributed by atoms with Gasteiger partial charge in [0.2, 0.25) is 0 Å². The number of hydrogen-bond acceptors (Lipinski definition) is 3. The van der Waals surface area contributed by atoms with Crippen molar-refractivity contribution in [3.8, 4) is 0 Å². The first kappa shape index (κ1) is 20.2. The highest BCUT2D eigenvalue weighted by Gasteiger charge is 2.23. The van der Waals surface area contributed by atoms with Crippen LogP contribution < -0.4 is 0 Å². The molecule has 0 atom stereocenters. The summed E-state index contributed by atoms with van der Waals surface area (Å²) in [6.07, 6.45) is 4.16. The fraction of sp³-hybridized carbons (Fsp3) is 0.263. The average molecular weight is 399 g/mol. The first-order valence-electron chi connectivity index (χ1n) is 8.06. The van der Waals surface area contributed by atoms with Crippen molar-refractivity contribution in [1.82, 2.24) is 0 Å². The summed E-state index contributed by atoms with van der Waals surface area (Å²) in [6, 6.07) is 13.1. The van der Waals surface area contributed by atoms with Gasteiger partial charge in [-0.25, -0.2) is 0 Å². The molecule has 0 fully saturated rings. The van der Waals surface area contributed by atoms with E-state index in [-0.39, 0.29) is 6.16 Å². The normalized spacial score (nSPS) is 12.0. The van der Waals surface area contributed by atoms with Gasteiger partial charge < -0.3 is 9.05 Å². The molecule has 0 unspecified atom stereocenters. The van der Waals surface area contributed by atoms with E-state index in [9.17, 15) is 4.57 Å². The summed E-state index contributed by atoms with van der Waals surface area (Å²) in [5, 5.41) is 1.22. The SMILES string of the molecule is CCOP(=O)(Cc1ccc(/C=C/c2ccc(Cl)cc2Cl)cc1)OCC. The lowest BCUT2D eigenvalue weighted by Gasteiger charge is -2.16. The van der Waals surface area contributed by atoms with Crippen LogP contribution in [0.3, 0.4) is 0 Å². The summed E-state index contributed by atoms with van der Waals surface area (Å²) < 4.78 is 23.2. The second-order valence-corrected chi connectivity index (χ2v) is 8.24. The summed E-state index contributed by atoms with van der Waals surface area (Å²) in [4.78, 5) is 0. The highest BCUT2D eigenvalue weighted by atomic mass is 35.5. The molecular weight excluding hydrogens is 378 g/mol. The van der Waals surface area contributed by atoms with Crippen molar-refractivity contribution in [2.45, 2.75) is 20.0 Å². The quantitative estimate of drug-likeness (QED) is 0.357. The maximum absolute atomic E-state index is 12.6. The van der Waals surface area contributed by atoms with Gasteiger partial charge >= 0.3 is 7.60 Å². The third-order valence-corrected chi connectivity index (χ3v) is 6.04. The maximum Gasteiger partial charge on any atom is 0.335 e. The van der Waals surface area contributed by atoms with E-state index >= 15 is 0 Å². The molecule has 0 bridgehead atoms. The molecule has 2 rings (SSSR count). The van der Waals surface area contributed by atoms with E-state index in [0.29, 0.717) is 23.3 Å². The van der Waals surface area contributed by atoms with Gasteiger partial charge in [-0.05, 0) is 42.7 Å². The number of halogens is 2. The summed E-state index contributed by atoms with van der Waals surface area (Å²) in [7, 11) is -3.08. The van der Waals surface area contributed by atoms with E-state index in [2.05, 4.69) is 0 Å². The predicted molar refractivity (Wildman–Crippen MR) is 106 cm³/mol. The Kier molecular flexibility index (Phi) is 7.74. The van der Waals surface area contributed by atoms with E-state index in [1.54, 1.807) is 12.1 Å². The lowest BCUT2D eigenvalue weighted by atomic mass is 10.1. The first-order chi connectivity index (χ1) is 12.0. The third kappa shape index (κ3) is 6.29. The van der Waals surface area contributed by atoms with Crippen LogP contribution in [-0.4, -0.2) is 13.2 Å². The summed E-state index contributed by atoms with van der Waals surface area (Å²) in [5.41, 5.74) is 2.82. The van der Waals surface area contributed by atoms with E-state index in [1.165, 1.54) is 0 Å². The van der Waals surface area contributed by atoms with Crippen LogP contribution in [0.4, 0.5) is 0 Å². The first-order valence-corrected chi connectivity index (χ1v) is 10.5. The number of rotatable bonds is 8. The van der Waals surface area contributed by atoms with Crippen molar-refractivity contribution in [3.63, 3.8) is 0 Å². The van der Waals surface area contributed by atoms with Crippen LogP contribution in [0.2, 0.25) is 10.0 Å². The fourth-order valence-corrected chi connectivity index (χ4v) is 4.48. The van der Waals surface area contributed by atoms with Crippen molar-refractivity contribution in [2.75, 3.05) is 13.2 Å². The minimum absolute atomic E-state index is 0.266. The summed E-state index contributed by atoms with van der Waals surface area (Å²) in [6.45, 7) is 4.34. The molecule has 25 heavy (non-hydrogen) atoms. The molecule has 0 N–H and O–H groups in total. The molecule has 6 heteroatoms. The molecule has 0 saturated heterocycles. The molecular formula is C19H21Cl2O3P. The molecule has 0 aromatic heterocycles. The Balaban J connectivity index is 2.09. The Morgan fingerprint density at radius 1 is 0.960 bits per heavy atom. The molecule has 0 radical (unpaired) electrons. The molecule has 3 nitrogen and oxygen atoms in total. The predicted octanol–water partition coefficient (Wildman–Crippen LogP) is 6.93. The van der Waals surface area contributed by atoms with Crippen molar-refractivity contribution >= 4 is 42.9 Å². The van der Waals surface area contributed by atoms with Gasteiger partial charge in [0.25, 0.3) is 0 Å². The van der Waals surface area contributed by atoms with E-state index in [0.717, 1.165) is 16.7 Å². The highest BCUT2D eigenvalue weighted by molar-refractivity contribution is 7.53. The van der Waals surface area contributed by atoms with Crippen LogP contribution in [0.15, 0.2) is 42.5 Å². The molecule has 134 valence electrons. The number of benzene rings is 2. The van der Waals surface area contributed by atoms with Gasteiger partial charge in [-0.2, -0.15) is 0 Å². The van der Waals surface area contributed by atoms with Gasteiger partial charge in [0, 0.05) is 10.0 Å². The maximum atomic E-state index is 12.6. The third-order valence-electron chi connectivity index (χ3n) is 3.43. The Morgan fingerprint density at radius 3 is 2.16 bits per heavy atom. The second-order valence-electron chi connectivity index (χ2n) is 5.35. The minimum atomic E-state index is -3.08. The summed E-state index contributed by atoms with van der Waals surface area (Å²) >= 11 is 12.1. The van der Waals surface area contributed by atoms with Crippen molar-refractivity contribution in [2.24, 2.45) is 0 Å².